The quantitative estimate of drug-likeness (QED) is 0.830. The topological polar surface area (TPSA) is 49.8 Å². The molecule has 0 bridgehead atoms. The van der Waals surface area contributed by atoms with E-state index in [1.54, 1.807) is 12.1 Å². The minimum atomic E-state index is -0.409. The fourth-order valence-corrected chi connectivity index (χ4v) is 2.20. The van der Waals surface area contributed by atoms with E-state index in [4.69, 9.17) is 11.6 Å². The number of aromatic nitrogens is 2. The van der Waals surface area contributed by atoms with E-state index in [-0.39, 0.29) is 0 Å². The molecule has 2 rings (SSSR count). The first-order valence-electron chi connectivity index (χ1n) is 6.95. The molecular formula is C15H18ClFN4. The first kappa shape index (κ1) is 15.5. The molecule has 1 aromatic heterocycles. The standard InChI is InChI=1S/C15H18ClFN4/c1-3-5-11-14(18-4-2)19-9-20-15(11)21-13-7-6-10(16)8-12(13)17/h6-9H,3-5H2,1-2H3,(H2,18,19,20,21). The first-order valence-corrected chi connectivity index (χ1v) is 7.33. The van der Waals surface area contributed by atoms with Gasteiger partial charge in [-0.3, -0.25) is 0 Å². The summed E-state index contributed by atoms with van der Waals surface area (Å²) < 4.78 is 13.9. The van der Waals surface area contributed by atoms with Crippen LogP contribution in [0.5, 0.6) is 0 Å². The molecule has 0 atom stereocenters. The zero-order valence-corrected chi connectivity index (χ0v) is 12.8. The first-order chi connectivity index (χ1) is 10.2. The third-order valence-electron chi connectivity index (χ3n) is 2.97. The number of rotatable bonds is 6. The number of nitrogens with one attached hydrogen (secondary N) is 2. The van der Waals surface area contributed by atoms with E-state index in [1.165, 1.54) is 12.4 Å². The highest BCUT2D eigenvalue weighted by Crippen LogP contribution is 2.27. The Labute approximate surface area is 128 Å². The highest BCUT2D eigenvalue weighted by atomic mass is 35.5. The normalized spacial score (nSPS) is 10.5. The van der Waals surface area contributed by atoms with Gasteiger partial charge in [0.15, 0.2) is 0 Å². The Morgan fingerprint density at radius 1 is 1.19 bits per heavy atom. The van der Waals surface area contributed by atoms with Crippen molar-refractivity contribution in [2.75, 3.05) is 17.2 Å². The second-order valence-corrected chi connectivity index (χ2v) is 5.02. The van der Waals surface area contributed by atoms with Gasteiger partial charge in [-0.05, 0) is 31.5 Å². The molecule has 0 amide bonds. The smallest absolute Gasteiger partial charge is 0.148 e. The van der Waals surface area contributed by atoms with Gasteiger partial charge in [0.05, 0.1) is 5.69 Å². The summed E-state index contributed by atoms with van der Waals surface area (Å²) in [6, 6.07) is 4.51. The lowest BCUT2D eigenvalue weighted by molar-refractivity contribution is 0.632. The van der Waals surface area contributed by atoms with Crippen molar-refractivity contribution in [1.29, 1.82) is 0 Å². The van der Waals surface area contributed by atoms with E-state index < -0.39 is 5.82 Å². The molecule has 1 heterocycles. The van der Waals surface area contributed by atoms with Gasteiger partial charge in [-0.1, -0.05) is 24.9 Å². The summed E-state index contributed by atoms with van der Waals surface area (Å²) in [5.41, 5.74) is 1.30. The van der Waals surface area contributed by atoms with Gasteiger partial charge in [-0.15, -0.1) is 0 Å². The predicted molar refractivity (Wildman–Crippen MR) is 84.9 cm³/mol. The van der Waals surface area contributed by atoms with Gasteiger partial charge < -0.3 is 10.6 Å². The highest BCUT2D eigenvalue weighted by molar-refractivity contribution is 6.30. The van der Waals surface area contributed by atoms with E-state index in [0.717, 1.165) is 30.8 Å². The Balaban J connectivity index is 2.36. The SMILES string of the molecule is CCCc1c(NCC)ncnc1Nc1ccc(Cl)cc1F. The lowest BCUT2D eigenvalue weighted by Gasteiger charge is -2.15. The minimum absolute atomic E-state index is 0.345. The summed E-state index contributed by atoms with van der Waals surface area (Å²) in [7, 11) is 0. The van der Waals surface area contributed by atoms with Crippen molar-refractivity contribution in [2.45, 2.75) is 26.7 Å². The van der Waals surface area contributed by atoms with Crippen LogP contribution in [-0.4, -0.2) is 16.5 Å². The number of anilines is 3. The molecule has 2 aromatic rings. The minimum Gasteiger partial charge on any atom is -0.370 e. The zero-order chi connectivity index (χ0) is 15.2. The molecule has 0 spiro atoms. The molecule has 112 valence electrons. The van der Waals surface area contributed by atoms with Gasteiger partial charge in [-0.2, -0.15) is 0 Å². The van der Waals surface area contributed by atoms with Crippen molar-refractivity contribution in [3.8, 4) is 0 Å². The van der Waals surface area contributed by atoms with E-state index in [9.17, 15) is 4.39 Å². The Morgan fingerprint density at radius 3 is 2.62 bits per heavy atom. The molecule has 0 radical (unpaired) electrons. The third-order valence-corrected chi connectivity index (χ3v) is 3.21. The number of nitrogens with zero attached hydrogens (tertiary/aromatic N) is 2. The van der Waals surface area contributed by atoms with E-state index in [2.05, 4.69) is 27.5 Å². The molecule has 1 aromatic carbocycles. The fraction of sp³-hybridized carbons (Fsp3) is 0.333. The number of hydrogen-bond donors (Lipinski definition) is 2. The fourth-order valence-electron chi connectivity index (χ4n) is 2.05. The zero-order valence-electron chi connectivity index (χ0n) is 12.1. The Hall–Kier alpha value is -1.88. The molecule has 2 N–H and O–H groups in total. The second-order valence-electron chi connectivity index (χ2n) is 4.58. The lowest BCUT2D eigenvalue weighted by Crippen LogP contribution is -2.08. The van der Waals surface area contributed by atoms with Crippen molar-refractivity contribution in [2.24, 2.45) is 0 Å². The van der Waals surface area contributed by atoms with E-state index in [1.807, 2.05) is 6.92 Å². The van der Waals surface area contributed by atoms with Gasteiger partial charge >= 0.3 is 0 Å². The number of halogens is 2. The van der Waals surface area contributed by atoms with Crippen molar-refractivity contribution < 1.29 is 4.39 Å². The largest absolute Gasteiger partial charge is 0.370 e. The average molecular weight is 309 g/mol. The lowest BCUT2D eigenvalue weighted by atomic mass is 10.1. The molecule has 0 saturated heterocycles. The average Bonchev–Trinajstić information content (AvgIpc) is 2.45. The van der Waals surface area contributed by atoms with Gasteiger partial charge in [-0.25, -0.2) is 14.4 Å². The molecule has 0 aliphatic carbocycles. The Kier molecular flexibility index (Phi) is 5.33. The molecular weight excluding hydrogens is 291 g/mol. The molecule has 4 nitrogen and oxygen atoms in total. The molecule has 0 saturated carbocycles. The molecule has 0 fully saturated rings. The van der Waals surface area contributed by atoms with E-state index >= 15 is 0 Å². The van der Waals surface area contributed by atoms with Crippen molar-refractivity contribution in [1.82, 2.24) is 9.97 Å². The van der Waals surface area contributed by atoms with Crippen LogP contribution in [0.1, 0.15) is 25.8 Å². The number of benzene rings is 1. The molecule has 6 heteroatoms. The molecule has 21 heavy (non-hydrogen) atoms. The Bertz CT molecular complexity index is 619. The van der Waals surface area contributed by atoms with Crippen LogP contribution in [0.3, 0.4) is 0 Å². The van der Waals surface area contributed by atoms with Crippen LogP contribution >= 0.6 is 11.6 Å². The summed E-state index contributed by atoms with van der Waals surface area (Å²) in [5, 5.41) is 6.60. The predicted octanol–water partition coefficient (Wildman–Crippen LogP) is 4.40. The summed E-state index contributed by atoms with van der Waals surface area (Å²) in [4.78, 5) is 8.49. The van der Waals surface area contributed by atoms with Gasteiger partial charge in [0.25, 0.3) is 0 Å². The maximum atomic E-state index is 13.9. The van der Waals surface area contributed by atoms with Gasteiger partial charge in [0.1, 0.15) is 23.8 Å². The van der Waals surface area contributed by atoms with Crippen molar-refractivity contribution in [3.05, 3.63) is 40.9 Å². The molecule has 0 unspecified atom stereocenters. The monoisotopic (exact) mass is 308 g/mol. The van der Waals surface area contributed by atoms with Crippen LogP contribution in [0.15, 0.2) is 24.5 Å². The van der Waals surface area contributed by atoms with Gasteiger partial charge in [0.2, 0.25) is 0 Å². The van der Waals surface area contributed by atoms with Gasteiger partial charge in [0, 0.05) is 17.1 Å². The summed E-state index contributed by atoms with van der Waals surface area (Å²) in [6.45, 7) is 4.85. The maximum absolute atomic E-state index is 13.9. The summed E-state index contributed by atoms with van der Waals surface area (Å²) >= 11 is 5.76. The second kappa shape index (κ2) is 7.22. The van der Waals surface area contributed by atoms with Crippen LogP contribution in [0.4, 0.5) is 21.7 Å². The molecule has 0 aliphatic rings. The Morgan fingerprint density at radius 2 is 1.95 bits per heavy atom. The van der Waals surface area contributed by atoms with Crippen LogP contribution in [0.25, 0.3) is 0 Å². The van der Waals surface area contributed by atoms with Crippen LogP contribution in [-0.2, 0) is 6.42 Å². The van der Waals surface area contributed by atoms with Crippen molar-refractivity contribution >= 4 is 28.9 Å². The third kappa shape index (κ3) is 3.82. The summed E-state index contributed by atoms with van der Waals surface area (Å²) in [5.74, 6) is 0.990. The van der Waals surface area contributed by atoms with Crippen LogP contribution in [0.2, 0.25) is 5.02 Å². The highest BCUT2D eigenvalue weighted by Gasteiger charge is 2.12. The number of hydrogen-bond acceptors (Lipinski definition) is 4. The maximum Gasteiger partial charge on any atom is 0.148 e. The molecule has 0 aliphatic heterocycles. The van der Waals surface area contributed by atoms with Crippen LogP contribution in [0, 0.1) is 5.82 Å². The van der Waals surface area contributed by atoms with E-state index in [0.29, 0.717) is 16.5 Å². The van der Waals surface area contributed by atoms with Crippen LogP contribution < -0.4 is 10.6 Å². The van der Waals surface area contributed by atoms with Crippen molar-refractivity contribution in [3.63, 3.8) is 0 Å². The summed E-state index contributed by atoms with van der Waals surface area (Å²) in [6.07, 6.45) is 3.22.